The van der Waals surface area contributed by atoms with E-state index in [2.05, 4.69) is 26.2 Å². The number of benzene rings is 2. The van der Waals surface area contributed by atoms with E-state index >= 15 is 0 Å². The second-order valence-electron chi connectivity index (χ2n) is 3.88. The normalized spacial score (nSPS) is 10.9. The Morgan fingerprint density at radius 1 is 1.21 bits per heavy atom. The third kappa shape index (κ3) is 2.73. The lowest BCUT2D eigenvalue weighted by Crippen LogP contribution is -1.90. The first-order chi connectivity index (χ1) is 9.11. The van der Waals surface area contributed by atoms with Gasteiger partial charge in [0.1, 0.15) is 5.82 Å². The van der Waals surface area contributed by atoms with Crippen molar-refractivity contribution in [3.8, 4) is 0 Å². The molecule has 0 fully saturated rings. The van der Waals surface area contributed by atoms with E-state index in [0.717, 1.165) is 14.9 Å². The highest BCUT2D eigenvalue weighted by atomic mass is 79.9. The number of nitrogens with zero attached hydrogens (tertiary/aromatic N) is 1. The Morgan fingerprint density at radius 2 is 2.05 bits per heavy atom. The summed E-state index contributed by atoms with van der Waals surface area (Å²) in [5, 5.41) is 4.56. The molecule has 0 amide bonds. The van der Waals surface area contributed by atoms with Gasteiger partial charge in [0.15, 0.2) is 5.13 Å². The Labute approximate surface area is 126 Å². The van der Waals surface area contributed by atoms with Gasteiger partial charge in [-0.3, -0.25) is 0 Å². The van der Waals surface area contributed by atoms with Crippen LogP contribution < -0.4 is 5.32 Å². The standard InChI is InChI=1S/C13H7BrClFN2S/c14-9-5-7(15)1-3-10(9)17-13-18-11-6-8(16)2-4-12(11)19-13/h1-6H,(H,17,18). The number of thiazole rings is 1. The maximum Gasteiger partial charge on any atom is 0.188 e. The van der Waals surface area contributed by atoms with Crippen LogP contribution in [0.25, 0.3) is 10.2 Å². The molecule has 0 aliphatic rings. The van der Waals surface area contributed by atoms with Crippen LogP contribution in [-0.4, -0.2) is 4.98 Å². The molecule has 0 aliphatic carbocycles. The second-order valence-corrected chi connectivity index (χ2v) is 6.20. The van der Waals surface area contributed by atoms with Crippen molar-refractivity contribution in [2.24, 2.45) is 0 Å². The summed E-state index contributed by atoms with van der Waals surface area (Å²) < 4.78 is 14.9. The molecule has 0 saturated heterocycles. The van der Waals surface area contributed by atoms with Gasteiger partial charge in [0.2, 0.25) is 0 Å². The maximum atomic E-state index is 13.1. The van der Waals surface area contributed by atoms with Crippen molar-refractivity contribution in [2.45, 2.75) is 0 Å². The van der Waals surface area contributed by atoms with Gasteiger partial charge in [-0.15, -0.1) is 0 Å². The summed E-state index contributed by atoms with van der Waals surface area (Å²) in [6.07, 6.45) is 0. The Morgan fingerprint density at radius 3 is 2.84 bits per heavy atom. The molecule has 0 radical (unpaired) electrons. The topological polar surface area (TPSA) is 24.9 Å². The number of rotatable bonds is 2. The van der Waals surface area contributed by atoms with Gasteiger partial charge >= 0.3 is 0 Å². The van der Waals surface area contributed by atoms with Gasteiger partial charge in [0, 0.05) is 15.6 Å². The lowest BCUT2D eigenvalue weighted by atomic mass is 10.3. The average molecular weight is 358 g/mol. The quantitative estimate of drug-likeness (QED) is 0.646. The number of nitrogens with one attached hydrogen (secondary N) is 1. The van der Waals surface area contributed by atoms with Crippen LogP contribution in [0, 0.1) is 5.82 Å². The van der Waals surface area contributed by atoms with E-state index in [0.29, 0.717) is 15.7 Å². The van der Waals surface area contributed by atoms with Crippen molar-refractivity contribution >= 4 is 59.9 Å². The fraction of sp³-hybridized carbons (Fsp3) is 0. The van der Waals surface area contributed by atoms with E-state index in [1.807, 2.05) is 6.07 Å². The lowest BCUT2D eigenvalue weighted by Gasteiger charge is -2.05. The number of halogens is 3. The maximum absolute atomic E-state index is 13.1. The number of fused-ring (bicyclic) bond motifs is 1. The predicted molar refractivity (Wildman–Crippen MR) is 82.0 cm³/mol. The summed E-state index contributed by atoms with van der Waals surface area (Å²) in [4.78, 5) is 4.35. The number of aromatic nitrogens is 1. The highest BCUT2D eigenvalue weighted by Crippen LogP contribution is 2.32. The Hall–Kier alpha value is -1.17. The zero-order valence-electron chi connectivity index (χ0n) is 9.45. The van der Waals surface area contributed by atoms with E-state index in [1.54, 1.807) is 18.2 Å². The molecule has 6 heteroatoms. The number of hydrogen-bond donors (Lipinski definition) is 1. The third-order valence-electron chi connectivity index (χ3n) is 2.52. The Kier molecular flexibility index (Phi) is 3.43. The summed E-state index contributed by atoms with van der Waals surface area (Å²) in [7, 11) is 0. The van der Waals surface area contributed by atoms with E-state index in [-0.39, 0.29) is 5.82 Å². The molecule has 0 spiro atoms. The van der Waals surface area contributed by atoms with Crippen LogP contribution in [0.3, 0.4) is 0 Å². The first-order valence-corrected chi connectivity index (χ1v) is 7.39. The number of hydrogen-bond acceptors (Lipinski definition) is 3. The third-order valence-corrected chi connectivity index (χ3v) is 4.37. The highest BCUT2D eigenvalue weighted by molar-refractivity contribution is 9.10. The first-order valence-electron chi connectivity index (χ1n) is 5.40. The van der Waals surface area contributed by atoms with E-state index < -0.39 is 0 Å². The number of anilines is 2. The van der Waals surface area contributed by atoms with Gasteiger partial charge in [0.25, 0.3) is 0 Å². The SMILES string of the molecule is Fc1ccc2sc(Nc3ccc(Cl)cc3Br)nc2c1. The summed E-state index contributed by atoms with van der Waals surface area (Å²) >= 11 is 10.8. The molecular formula is C13H7BrClFN2S. The molecule has 2 nitrogen and oxygen atoms in total. The molecule has 3 aromatic rings. The van der Waals surface area contributed by atoms with Crippen LogP contribution in [0.4, 0.5) is 15.2 Å². The van der Waals surface area contributed by atoms with Gasteiger partial charge in [-0.1, -0.05) is 22.9 Å². The Balaban J connectivity index is 1.96. The van der Waals surface area contributed by atoms with E-state index in [9.17, 15) is 4.39 Å². The fourth-order valence-corrected chi connectivity index (χ4v) is 3.30. The minimum atomic E-state index is -0.281. The largest absolute Gasteiger partial charge is 0.331 e. The molecule has 2 aromatic carbocycles. The molecular weight excluding hydrogens is 351 g/mol. The van der Waals surface area contributed by atoms with Gasteiger partial charge in [-0.2, -0.15) is 0 Å². The zero-order valence-corrected chi connectivity index (χ0v) is 12.6. The molecule has 96 valence electrons. The van der Waals surface area contributed by atoms with Crippen LogP contribution >= 0.6 is 38.9 Å². The molecule has 1 heterocycles. The van der Waals surface area contributed by atoms with Crippen LogP contribution in [0.5, 0.6) is 0 Å². The van der Waals surface area contributed by atoms with Gasteiger partial charge in [-0.25, -0.2) is 9.37 Å². The van der Waals surface area contributed by atoms with E-state index in [4.69, 9.17) is 11.6 Å². The monoisotopic (exact) mass is 356 g/mol. The molecule has 1 N–H and O–H groups in total. The molecule has 1 aromatic heterocycles. The summed E-state index contributed by atoms with van der Waals surface area (Å²) in [6, 6.07) is 10.0. The Bertz CT molecular complexity index is 759. The van der Waals surface area contributed by atoms with Gasteiger partial charge in [0.05, 0.1) is 15.9 Å². The molecule has 0 saturated carbocycles. The second kappa shape index (κ2) is 5.07. The van der Waals surface area contributed by atoms with Crippen LogP contribution in [0.2, 0.25) is 5.02 Å². The average Bonchev–Trinajstić information content (AvgIpc) is 2.74. The fourth-order valence-electron chi connectivity index (χ4n) is 1.66. The summed E-state index contributed by atoms with van der Waals surface area (Å²) in [6.45, 7) is 0. The van der Waals surface area contributed by atoms with Crippen molar-refractivity contribution in [1.29, 1.82) is 0 Å². The van der Waals surface area contributed by atoms with Crippen LogP contribution in [0.15, 0.2) is 40.9 Å². The molecule has 3 rings (SSSR count). The van der Waals surface area contributed by atoms with Crippen LogP contribution in [0.1, 0.15) is 0 Å². The van der Waals surface area contributed by atoms with Crippen LogP contribution in [-0.2, 0) is 0 Å². The lowest BCUT2D eigenvalue weighted by molar-refractivity contribution is 0.629. The molecule has 0 unspecified atom stereocenters. The molecule has 0 atom stereocenters. The van der Waals surface area contributed by atoms with Crippen molar-refractivity contribution in [3.63, 3.8) is 0 Å². The minimum Gasteiger partial charge on any atom is -0.331 e. The van der Waals surface area contributed by atoms with Crippen molar-refractivity contribution in [2.75, 3.05) is 5.32 Å². The summed E-state index contributed by atoms with van der Waals surface area (Å²) in [5.41, 5.74) is 1.52. The van der Waals surface area contributed by atoms with E-state index in [1.165, 1.54) is 23.5 Å². The zero-order chi connectivity index (χ0) is 13.4. The first kappa shape index (κ1) is 12.8. The van der Waals surface area contributed by atoms with Gasteiger partial charge < -0.3 is 5.32 Å². The summed E-state index contributed by atoms with van der Waals surface area (Å²) in [5.74, 6) is -0.281. The minimum absolute atomic E-state index is 0.281. The van der Waals surface area contributed by atoms with Crippen molar-refractivity contribution < 1.29 is 4.39 Å². The van der Waals surface area contributed by atoms with Crippen molar-refractivity contribution in [3.05, 3.63) is 51.7 Å². The molecule has 0 bridgehead atoms. The van der Waals surface area contributed by atoms with Gasteiger partial charge in [-0.05, 0) is 46.3 Å². The smallest absolute Gasteiger partial charge is 0.188 e. The molecule has 0 aliphatic heterocycles. The molecule has 19 heavy (non-hydrogen) atoms. The predicted octanol–water partition coefficient (Wildman–Crippen LogP) is 5.59. The van der Waals surface area contributed by atoms with Crippen molar-refractivity contribution in [1.82, 2.24) is 4.98 Å². The highest BCUT2D eigenvalue weighted by Gasteiger charge is 2.07.